The Hall–Kier alpha value is -1.09. The Labute approximate surface area is 68.8 Å². The van der Waals surface area contributed by atoms with Gasteiger partial charge >= 0.3 is 0 Å². The van der Waals surface area contributed by atoms with E-state index in [1.165, 1.54) is 19.2 Å². The molecule has 0 heterocycles. The number of benzene rings is 1. The van der Waals surface area contributed by atoms with Gasteiger partial charge in [0.25, 0.3) is 0 Å². The number of halogens is 1. The minimum atomic E-state index is -0.110. The van der Waals surface area contributed by atoms with Crippen LogP contribution in [0.5, 0.6) is 17.2 Å². The summed E-state index contributed by atoms with van der Waals surface area (Å²) in [5.74, 6) is 0.00326. The zero-order chi connectivity index (χ0) is 8.43. The summed E-state index contributed by atoms with van der Waals surface area (Å²) in [6.45, 7) is 0. The van der Waals surface area contributed by atoms with Gasteiger partial charge in [-0.05, 0) is 0 Å². The van der Waals surface area contributed by atoms with Crippen molar-refractivity contribution in [1.29, 1.82) is 0 Å². The molecule has 0 aliphatic rings. The van der Waals surface area contributed by atoms with Gasteiger partial charge in [0, 0.05) is 12.1 Å². The molecular weight excluding hydrogens is 168 g/mol. The van der Waals surface area contributed by atoms with Crippen molar-refractivity contribution < 1.29 is 14.9 Å². The van der Waals surface area contributed by atoms with E-state index in [0.29, 0.717) is 0 Å². The molecule has 0 atom stereocenters. The number of hydrogen-bond acceptors (Lipinski definition) is 3. The number of ether oxygens (including phenoxy) is 1. The summed E-state index contributed by atoms with van der Waals surface area (Å²) in [4.78, 5) is 0. The van der Waals surface area contributed by atoms with Crippen LogP contribution in [0.15, 0.2) is 12.1 Å². The van der Waals surface area contributed by atoms with Gasteiger partial charge in [0.1, 0.15) is 5.75 Å². The van der Waals surface area contributed by atoms with Gasteiger partial charge in [0.05, 0.1) is 12.1 Å². The van der Waals surface area contributed by atoms with Gasteiger partial charge in [-0.15, -0.1) is 0 Å². The van der Waals surface area contributed by atoms with Gasteiger partial charge < -0.3 is 14.9 Å². The molecule has 11 heavy (non-hydrogen) atoms. The Balaban J connectivity index is 3.21. The van der Waals surface area contributed by atoms with Gasteiger partial charge in [-0.3, -0.25) is 0 Å². The molecule has 0 bridgehead atoms. The highest BCUT2D eigenvalue weighted by Crippen LogP contribution is 2.35. The zero-order valence-corrected chi connectivity index (χ0v) is 6.59. The van der Waals surface area contributed by atoms with Gasteiger partial charge in [0.2, 0.25) is 0 Å². The van der Waals surface area contributed by atoms with Crippen LogP contribution in [0.2, 0.25) is 5.02 Å². The van der Waals surface area contributed by atoms with Crippen molar-refractivity contribution in [3.63, 3.8) is 0 Å². The highest BCUT2D eigenvalue weighted by atomic mass is 35.5. The predicted octanol–water partition coefficient (Wildman–Crippen LogP) is 1.76. The smallest absolute Gasteiger partial charge is 0.164 e. The first kappa shape index (κ1) is 8.01. The first-order chi connectivity index (χ1) is 5.15. The average molecular weight is 175 g/mol. The molecule has 0 unspecified atom stereocenters. The molecule has 0 aromatic heterocycles. The van der Waals surface area contributed by atoms with E-state index in [-0.39, 0.29) is 22.3 Å². The van der Waals surface area contributed by atoms with Gasteiger partial charge in [-0.25, -0.2) is 0 Å². The number of aromatic hydroxyl groups is 2. The average Bonchev–Trinajstić information content (AvgIpc) is 1.97. The minimum absolute atomic E-state index is 0.0877. The third kappa shape index (κ3) is 1.49. The van der Waals surface area contributed by atoms with Crippen molar-refractivity contribution in [2.75, 3.05) is 7.11 Å². The Morgan fingerprint density at radius 2 is 1.91 bits per heavy atom. The number of phenolic OH excluding ortho intramolecular Hbond substituents is 2. The fraction of sp³-hybridized carbons (Fsp3) is 0.143. The van der Waals surface area contributed by atoms with Crippen LogP contribution >= 0.6 is 11.6 Å². The molecule has 0 saturated carbocycles. The molecule has 0 aliphatic carbocycles. The van der Waals surface area contributed by atoms with E-state index in [1.807, 2.05) is 0 Å². The number of phenols is 2. The van der Waals surface area contributed by atoms with Crippen LogP contribution in [-0.2, 0) is 0 Å². The summed E-state index contributed by atoms with van der Waals surface area (Å²) in [6.07, 6.45) is 0. The Morgan fingerprint density at radius 3 is 2.45 bits per heavy atom. The normalized spacial score (nSPS) is 9.64. The lowest BCUT2D eigenvalue weighted by atomic mass is 10.3. The van der Waals surface area contributed by atoms with E-state index in [9.17, 15) is 0 Å². The monoisotopic (exact) mass is 174 g/mol. The molecule has 1 aromatic rings. The lowest BCUT2D eigenvalue weighted by molar-refractivity contribution is 0.368. The standard InChI is InChI=1S/C7H7ClO3/c1-11-7-3-5(9)4(8)2-6(7)10/h2-3,9-10H,1H3. The molecule has 0 aliphatic heterocycles. The van der Waals surface area contributed by atoms with E-state index < -0.39 is 0 Å². The van der Waals surface area contributed by atoms with Crippen LogP contribution < -0.4 is 4.74 Å². The third-order valence-electron chi connectivity index (χ3n) is 1.25. The zero-order valence-electron chi connectivity index (χ0n) is 5.84. The minimum Gasteiger partial charge on any atom is -0.506 e. The largest absolute Gasteiger partial charge is 0.506 e. The SMILES string of the molecule is COc1cc(O)c(Cl)cc1O. The number of hydrogen-bond donors (Lipinski definition) is 2. The lowest BCUT2D eigenvalue weighted by Crippen LogP contribution is -1.82. The lowest BCUT2D eigenvalue weighted by Gasteiger charge is -2.03. The summed E-state index contributed by atoms with van der Waals surface area (Å²) >= 11 is 5.48. The summed E-state index contributed by atoms with van der Waals surface area (Å²) in [7, 11) is 1.39. The van der Waals surface area contributed by atoms with Crippen molar-refractivity contribution in [2.45, 2.75) is 0 Å². The summed E-state index contributed by atoms with van der Waals surface area (Å²) in [5, 5.41) is 18.2. The van der Waals surface area contributed by atoms with Crippen molar-refractivity contribution in [1.82, 2.24) is 0 Å². The van der Waals surface area contributed by atoms with Gasteiger partial charge in [-0.1, -0.05) is 11.6 Å². The quantitative estimate of drug-likeness (QED) is 0.638. The van der Waals surface area contributed by atoms with Crippen LogP contribution in [-0.4, -0.2) is 17.3 Å². The molecule has 0 amide bonds. The van der Waals surface area contributed by atoms with Crippen LogP contribution in [0.4, 0.5) is 0 Å². The van der Waals surface area contributed by atoms with Gasteiger partial charge in [0.15, 0.2) is 11.5 Å². The summed E-state index contributed by atoms with van der Waals surface area (Å²) < 4.78 is 4.71. The second kappa shape index (κ2) is 2.88. The maximum absolute atomic E-state index is 9.10. The van der Waals surface area contributed by atoms with Crippen molar-refractivity contribution >= 4 is 11.6 Å². The van der Waals surface area contributed by atoms with E-state index in [4.69, 9.17) is 26.6 Å². The molecule has 4 heteroatoms. The predicted molar refractivity (Wildman–Crippen MR) is 41.3 cm³/mol. The van der Waals surface area contributed by atoms with E-state index in [1.54, 1.807) is 0 Å². The second-order valence-electron chi connectivity index (χ2n) is 1.98. The molecule has 0 saturated heterocycles. The maximum atomic E-state index is 9.10. The van der Waals surface area contributed by atoms with Crippen molar-refractivity contribution in [2.24, 2.45) is 0 Å². The highest BCUT2D eigenvalue weighted by molar-refractivity contribution is 6.32. The van der Waals surface area contributed by atoms with Crippen LogP contribution in [0.3, 0.4) is 0 Å². The van der Waals surface area contributed by atoms with Gasteiger partial charge in [-0.2, -0.15) is 0 Å². The second-order valence-corrected chi connectivity index (χ2v) is 2.38. The summed E-state index contributed by atoms with van der Waals surface area (Å²) in [5.41, 5.74) is 0. The van der Waals surface area contributed by atoms with E-state index in [0.717, 1.165) is 0 Å². The van der Waals surface area contributed by atoms with E-state index >= 15 is 0 Å². The highest BCUT2D eigenvalue weighted by Gasteiger charge is 2.05. The first-order valence-corrected chi connectivity index (χ1v) is 3.28. The molecular formula is C7H7ClO3. The fourth-order valence-electron chi connectivity index (χ4n) is 0.696. The topological polar surface area (TPSA) is 49.7 Å². The first-order valence-electron chi connectivity index (χ1n) is 2.90. The Bertz CT molecular complexity index is 273. The Morgan fingerprint density at radius 1 is 1.27 bits per heavy atom. The van der Waals surface area contributed by atoms with Crippen LogP contribution in [0.25, 0.3) is 0 Å². The third-order valence-corrected chi connectivity index (χ3v) is 1.55. The Kier molecular flexibility index (Phi) is 2.10. The molecule has 1 aromatic carbocycles. The van der Waals surface area contributed by atoms with E-state index in [2.05, 4.69) is 0 Å². The fourth-order valence-corrected chi connectivity index (χ4v) is 0.854. The maximum Gasteiger partial charge on any atom is 0.164 e. The van der Waals surface area contributed by atoms with Crippen molar-refractivity contribution in [3.05, 3.63) is 17.2 Å². The molecule has 0 radical (unpaired) electrons. The van der Waals surface area contributed by atoms with Crippen LogP contribution in [0, 0.1) is 0 Å². The summed E-state index contributed by atoms with van der Waals surface area (Å²) in [6, 6.07) is 2.47. The molecule has 60 valence electrons. The number of rotatable bonds is 1. The van der Waals surface area contributed by atoms with Crippen molar-refractivity contribution in [3.8, 4) is 17.2 Å². The molecule has 3 nitrogen and oxygen atoms in total. The molecule has 1 rings (SSSR count). The van der Waals surface area contributed by atoms with Crippen LogP contribution in [0.1, 0.15) is 0 Å². The molecule has 2 N–H and O–H groups in total. The molecule has 0 spiro atoms. The number of methoxy groups -OCH3 is 1. The molecule has 0 fully saturated rings.